The minimum Gasteiger partial charge on any atom is -0.449 e. The second-order valence-electron chi connectivity index (χ2n) is 5.36. The number of halogens is 3. The van der Waals surface area contributed by atoms with E-state index in [1.165, 1.54) is 37.3 Å². The zero-order chi connectivity index (χ0) is 19.3. The maximum Gasteiger partial charge on any atom is 0.416 e. The number of rotatable bonds is 5. The van der Waals surface area contributed by atoms with Crippen molar-refractivity contribution in [2.24, 2.45) is 0 Å². The number of ether oxygens (including phenoxy) is 1. The van der Waals surface area contributed by atoms with Crippen molar-refractivity contribution in [1.82, 2.24) is 0 Å². The highest BCUT2D eigenvalue weighted by Crippen LogP contribution is 2.30. The first kappa shape index (κ1) is 19.2. The van der Waals surface area contributed by atoms with Crippen molar-refractivity contribution in [3.8, 4) is 0 Å². The van der Waals surface area contributed by atoms with Gasteiger partial charge in [0, 0.05) is 11.3 Å². The molecule has 1 N–H and O–H groups in total. The highest BCUT2D eigenvalue weighted by Gasteiger charge is 2.30. The molecule has 0 aliphatic carbocycles. The average Bonchev–Trinajstić information content (AvgIpc) is 2.61. The van der Waals surface area contributed by atoms with Gasteiger partial charge in [-0.05, 0) is 37.3 Å². The Labute approximate surface area is 146 Å². The molecule has 0 saturated carbocycles. The molecule has 0 radical (unpaired) electrons. The summed E-state index contributed by atoms with van der Waals surface area (Å²) in [7, 11) is 0. The van der Waals surface area contributed by atoms with Gasteiger partial charge >= 0.3 is 12.1 Å². The van der Waals surface area contributed by atoms with Crippen molar-refractivity contribution in [2.75, 3.05) is 5.32 Å². The van der Waals surface area contributed by atoms with Crippen LogP contribution in [0.3, 0.4) is 0 Å². The van der Waals surface area contributed by atoms with Crippen LogP contribution in [0.15, 0.2) is 48.5 Å². The van der Waals surface area contributed by atoms with Crippen LogP contribution in [-0.2, 0) is 15.7 Å². The van der Waals surface area contributed by atoms with E-state index in [9.17, 15) is 27.6 Å². The third kappa shape index (κ3) is 4.92. The van der Waals surface area contributed by atoms with Crippen molar-refractivity contribution in [3.05, 3.63) is 65.2 Å². The van der Waals surface area contributed by atoms with Gasteiger partial charge in [-0.2, -0.15) is 13.2 Å². The molecule has 0 aliphatic heterocycles. The Kier molecular flexibility index (Phi) is 5.76. The van der Waals surface area contributed by atoms with Crippen LogP contribution in [0.2, 0.25) is 0 Å². The summed E-state index contributed by atoms with van der Waals surface area (Å²) in [5.74, 6) is -1.57. The van der Waals surface area contributed by atoms with Gasteiger partial charge in [0.25, 0.3) is 5.91 Å². The predicted octanol–water partition coefficient (Wildman–Crippen LogP) is 3.70. The molecule has 0 aliphatic rings. The van der Waals surface area contributed by atoms with Gasteiger partial charge in [-0.15, -0.1) is 0 Å². The van der Waals surface area contributed by atoms with Gasteiger partial charge in [0.15, 0.2) is 6.10 Å². The van der Waals surface area contributed by atoms with Gasteiger partial charge in [-0.1, -0.05) is 18.2 Å². The van der Waals surface area contributed by atoms with Gasteiger partial charge in [-0.25, -0.2) is 4.79 Å². The van der Waals surface area contributed by atoms with E-state index in [4.69, 9.17) is 4.74 Å². The molecule has 1 atom stereocenters. The van der Waals surface area contributed by atoms with Gasteiger partial charge in [0.1, 0.15) is 6.29 Å². The summed E-state index contributed by atoms with van der Waals surface area (Å²) in [6.07, 6.45) is -5.16. The molecule has 136 valence electrons. The third-order valence-corrected chi connectivity index (χ3v) is 3.39. The molecule has 0 bridgehead atoms. The summed E-state index contributed by atoms with van der Waals surface area (Å²) in [6.45, 7) is 1.29. The van der Waals surface area contributed by atoms with Crippen LogP contribution in [0.5, 0.6) is 0 Å². The molecule has 1 amide bonds. The van der Waals surface area contributed by atoms with Crippen LogP contribution in [0.25, 0.3) is 0 Å². The van der Waals surface area contributed by atoms with Crippen molar-refractivity contribution < 1.29 is 32.3 Å². The lowest BCUT2D eigenvalue weighted by molar-refractivity contribution is -0.137. The molecule has 2 aromatic rings. The van der Waals surface area contributed by atoms with Crippen LogP contribution in [0.4, 0.5) is 18.9 Å². The topological polar surface area (TPSA) is 72.5 Å². The molecule has 26 heavy (non-hydrogen) atoms. The van der Waals surface area contributed by atoms with Crippen molar-refractivity contribution in [1.29, 1.82) is 0 Å². The number of amides is 1. The standard InChI is InChI=1S/C18H14F3NO4/c1-11(26-17(25)13-7-5-12(10-23)6-8-13)16(24)22-15-4-2-3-14(9-15)18(19,20)21/h2-11H,1H3,(H,22,24)/t11-/m1/s1. The predicted molar refractivity (Wildman–Crippen MR) is 86.8 cm³/mol. The number of hydrogen-bond donors (Lipinski definition) is 1. The Bertz CT molecular complexity index is 816. The minimum absolute atomic E-state index is 0.0666. The SMILES string of the molecule is C[C@@H](OC(=O)c1ccc(C=O)cc1)C(=O)Nc1cccc(C(F)(F)F)c1. The molecule has 0 unspecified atom stereocenters. The van der Waals surface area contributed by atoms with Crippen LogP contribution in [0.1, 0.15) is 33.2 Å². The van der Waals surface area contributed by atoms with Gasteiger partial charge in [0.05, 0.1) is 11.1 Å². The molecule has 0 fully saturated rings. The fraction of sp³-hybridized carbons (Fsp3) is 0.167. The molecular formula is C18H14F3NO4. The summed E-state index contributed by atoms with van der Waals surface area (Å²) in [5.41, 5.74) is -0.468. The highest BCUT2D eigenvalue weighted by atomic mass is 19.4. The Hall–Kier alpha value is -3.16. The molecule has 2 rings (SSSR count). The van der Waals surface area contributed by atoms with Crippen LogP contribution in [-0.4, -0.2) is 24.3 Å². The van der Waals surface area contributed by atoms with E-state index in [2.05, 4.69) is 5.32 Å². The number of aldehydes is 1. The van der Waals surface area contributed by atoms with Crippen LogP contribution in [0, 0.1) is 0 Å². The normalized spacial score (nSPS) is 12.2. The van der Waals surface area contributed by atoms with E-state index in [0.717, 1.165) is 18.2 Å². The number of hydrogen-bond acceptors (Lipinski definition) is 4. The molecule has 0 saturated heterocycles. The van der Waals surface area contributed by atoms with Crippen molar-refractivity contribution in [2.45, 2.75) is 19.2 Å². The van der Waals surface area contributed by atoms with Gasteiger partial charge in [0.2, 0.25) is 0 Å². The number of benzene rings is 2. The highest BCUT2D eigenvalue weighted by molar-refractivity contribution is 5.97. The number of alkyl halides is 3. The Morgan fingerprint density at radius 1 is 1.12 bits per heavy atom. The van der Waals surface area contributed by atoms with Gasteiger partial charge in [-0.3, -0.25) is 9.59 Å². The lowest BCUT2D eigenvalue weighted by Crippen LogP contribution is -2.30. The van der Waals surface area contributed by atoms with E-state index in [0.29, 0.717) is 11.8 Å². The number of carbonyl (C=O) groups excluding carboxylic acids is 3. The summed E-state index contributed by atoms with van der Waals surface area (Å²) in [5, 5.41) is 2.27. The lowest BCUT2D eigenvalue weighted by atomic mass is 10.1. The van der Waals surface area contributed by atoms with E-state index in [1.807, 2.05) is 0 Å². The van der Waals surface area contributed by atoms with Crippen molar-refractivity contribution in [3.63, 3.8) is 0 Å². The molecule has 0 aromatic heterocycles. The monoisotopic (exact) mass is 365 g/mol. The van der Waals surface area contributed by atoms with E-state index < -0.39 is 29.7 Å². The first-order chi connectivity index (χ1) is 12.2. The third-order valence-electron chi connectivity index (χ3n) is 3.39. The Morgan fingerprint density at radius 2 is 1.77 bits per heavy atom. The molecule has 0 heterocycles. The summed E-state index contributed by atoms with van der Waals surface area (Å²) in [6, 6.07) is 9.66. The fourth-order valence-corrected chi connectivity index (χ4v) is 2.00. The molecular weight excluding hydrogens is 351 g/mol. The van der Waals surface area contributed by atoms with Crippen LogP contribution >= 0.6 is 0 Å². The number of carbonyl (C=O) groups is 3. The lowest BCUT2D eigenvalue weighted by Gasteiger charge is -2.14. The summed E-state index contributed by atoms with van der Waals surface area (Å²) >= 11 is 0. The zero-order valence-electron chi connectivity index (χ0n) is 13.5. The molecule has 0 spiro atoms. The first-order valence-electron chi connectivity index (χ1n) is 7.45. The molecule has 2 aromatic carbocycles. The molecule has 5 nitrogen and oxygen atoms in total. The Morgan fingerprint density at radius 3 is 2.35 bits per heavy atom. The maximum absolute atomic E-state index is 12.7. The van der Waals surface area contributed by atoms with E-state index >= 15 is 0 Å². The summed E-state index contributed by atoms with van der Waals surface area (Å²) in [4.78, 5) is 34.6. The second-order valence-corrected chi connectivity index (χ2v) is 5.36. The van der Waals surface area contributed by atoms with Crippen LogP contribution < -0.4 is 5.32 Å². The number of nitrogens with one attached hydrogen (secondary N) is 1. The summed E-state index contributed by atoms with van der Waals surface area (Å²) < 4.78 is 43.0. The average molecular weight is 365 g/mol. The van der Waals surface area contributed by atoms with E-state index in [-0.39, 0.29) is 11.3 Å². The number of anilines is 1. The van der Waals surface area contributed by atoms with Gasteiger partial charge < -0.3 is 10.1 Å². The fourth-order valence-electron chi connectivity index (χ4n) is 2.00. The zero-order valence-corrected chi connectivity index (χ0v) is 13.5. The first-order valence-corrected chi connectivity index (χ1v) is 7.45. The molecule has 8 heteroatoms. The van der Waals surface area contributed by atoms with Crippen molar-refractivity contribution >= 4 is 23.9 Å². The quantitative estimate of drug-likeness (QED) is 0.648. The number of esters is 1. The maximum atomic E-state index is 12.7. The largest absolute Gasteiger partial charge is 0.449 e. The minimum atomic E-state index is -4.54. The second kappa shape index (κ2) is 7.81. The smallest absolute Gasteiger partial charge is 0.416 e. The Balaban J connectivity index is 2.01. The van der Waals surface area contributed by atoms with E-state index in [1.54, 1.807) is 0 Å².